The number of hydrogen-bond acceptors (Lipinski definition) is 1. The van der Waals surface area contributed by atoms with Crippen LogP contribution in [0, 0.1) is 5.92 Å². The number of rotatable bonds is 4. The average molecular weight is 265 g/mol. The zero-order valence-electron chi connectivity index (χ0n) is 12.2. The van der Waals surface area contributed by atoms with E-state index in [0.717, 1.165) is 12.3 Å². The molecule has 1 aliphatic heterocycles. The molecule has 1 heterocycles. The lowest BCUT2D eigenvalue weighted by atomic mass is 9.92. The lowest BCUT2D eigenvalue weighted by molar-refractivity contribution is 0.433. The van der Waals surface area contributed by atoms with Crippen molar-refractivity contribution >= 4 is 0 Å². The van der Waals surface area contributed by atoms with Crippen molar-refractivity contribution in [3.05, 3.63) is 60.2 Å². The molecule has 1 heteroatoms. The summed E-state index contributed by atoms with van der Waals surface area (Å²) in [4.78, 5) is 0. The smallest absolute Gasteiger partial charge is 0.0136 e. The first kappa shape index (κ1) is 13.4. The molecule has 2 atom stereocenters. The molecular weight excluding hydrogens is 242 g/mol. The highest BCUT2D eigenvalue weighted by Crippen LogP contribution is 2.24. The Bertz CT molecular complexity index is 529. The van der Waals surface area contributed by atoms with Crippen LogP contribution in [0.5, 0.6) is 0 Å². The van der Waals surface area contributed by atoms with Gasteiger partial charge in [0.1, 0.15) is 0 Å². The molecule has 1 fully saturated rings. The summed E-state index contributed by atoms with van der Waals surface area (Å²) >= 11 is 0. The monoisotopic (exact) mass is 265 g/mol. The van der Waals surface area contributed by atoms with Gasteiger partial charge in [0, 0.05) is 6.04 Å². The van der Waals surface area contributed by atoms with Gasteiger partial charge in [-0.1, -0.05) is 67.9 Å². The second-order valence-electron chi connectivity index (χ2n) is 5.78. The van der Waals surface area contributed by atoms with Crippen LogP contribution in [0.15, 0.2) is 54.6 Å². The van der Waals surface area contributed by atoms with E-state index in [1.54, 1.807) is 0 Å². The van der Waals surface area contributed by atoms with Crippen LogP contribution < -0.4 is 5.32 Å². The normalized spacial score (nSPS) is 22.1. The molecule has 1 aliphatic rings. The van der Waals surface area contributed by atoms with Gasteiger partial charge < -0.3 is 5.32 Å². The van der Waals surface area contributed by atoms with Crippen molar-refractivity contribution in [3.63, 3.8) is 0 Å². The van der Waals surface area contributed by atoms with Crippen molar-refractivity contribution < 1.29 is 0 Å². The van der Waals surface area contributed by atoms with Crippen molar-refractivity contribution in [2.75, 3.05) is 6.54 Å². The molecule has 2 unspecified atom stereocenters. The Kier molecular flexibility index (Phi) is 4.17. The predicted octanol–water partition coefficient (Wildman–Crippen LogP) is 4.28. The van der Waals surface area contributed by atoms with E-state index in [0.29, 0.717) is 6.04 Å². The van der Waals surface area contributed by atoms with Crippen LogP contribution in [0.4, 0.5) is 0 Å². The van der Waals surface area contributed by atoms with Gasteiger partial charge in [0.15, 0.2) is 0 Å². The third-order valence-corrected chi connectivity index (χ3v) is 4.53. The Hall–Kier alpha value is -1.60. The summed E-state index contributed by atoms with van der Waals surface area (Å²) in [5.74, 6) is 0.851. The van der Waals surface area contributed by atoms with Gasteiger partial charge in [0.25, 0.3) is 0 Å². The molecular formula is C19H23N. The number of benzene rings is 2. The second kappa shape index (κ2) is 6.23. The van der Waals surface area contributed by atoms with Crippen LogP contribution in [0.3, 0.4) is 0 Å². The minimum absolute atomic E-state index is 0.669. The van der Waals surface area contributed by atoms with E-state index < -0.39 is 0 Å². The Labute approximate surface area is 122 Å². The lowest BCUT2D eigenvalue weighted by Gasteiger charge is -2.18. The van der Waals surface area contributed by atoms with Crippen molar-refractivity contribution in [2.24, 2.45) is 5.92 Å². The zero-order chi connectivity index (χ0) is 13.8. The minimum atomic E-state index is 0.669. The summed E-state index contributed by atoms with van der Waals surface area (Å²) in [7, 11) is 0. The third kappa shape index (κ3) is 2.94. The molecule has 0 radical (unpaired) electrons. The van der Waals surface area contributed by atoms with Gasteiger partial charge in [-0.3, -0.25) is 0 Å². The van der Waals surface area contributed by atoms with E-state index in [4.69, 9.17) is 0 Å². The number of hydrogen-bond donors (Lipinski definition) is 1. The first-order valence-corrected chi connectivity index (χ1v) is 7.74. The predicted molar refractivity (Wildman–Crippen MR) is 85.8 cm³/mol. The minimum Gasteiger partial charge on any atom is -0.313 e. The zero-order valence-corrected chi connectivity index (χ0v) is 12.2. The SMILES string of the molecule is CCC1CCNC1Cc1ccc(-c2ccccc2)cc1. The summed E-state index contributed by atoms with van der Waals surface area (Å²) in [6, 6.07) is 20.3. The first-order valence-electron chi connectivity index (χ1n) is 7.74. The Morgan fingerprint density at radius 2 is 1.65 bits per heavy atom. The van der Waals surface area contributed by atoms with Gasteiger partial charge in [-0.05, 0) is 42.0 Å². The van der Waals surface area contributed by atoms with Crippen LogP contribution in [-0.2, 0) is 6.42 Å². The molecule has 2 aromatic carbocycles. The molecule has 0 amide bonds. The molecule has 1 nitrogen and oxygen atoms in total. The Balaban J connectivity index is 1.70. The quantitative estimate of drug-likeness (QED) is 0.870. The van der Waals surface area contributed by atoms with E-state index in [-0.39, 0.29) is 0 Å². The molecule has 1 N–H and O–H groups in total. The van der Waals surface area contributed by atoms with Gasteiger partial charge in [-0.25, -0.2) is 0 Å². The molecule has 0 aliphatic carbocycles. The van der Waals surface area contributed by atoms with Gasteiger partial charge >= 0.3 is 0 Å². The fourth-order valence-corrected chi connectivity index (χ4v) is 3.27. The molecule has 20 heavy (non-hydrogen) atoms. The van der Waals surface area contributed by atoms with Gasteiger partial charge in [-0.15, -0.1) is 0 Å². The van der Waals surface area contributed by atoms with E-state index in [9.17, 15) is 0 Å². The highest BCUT2D eigenvalue weighted by molar-refractivity contribution is 5.63. The van der Waals surface area contributed by atoms with E-state index >= 15 is 0 Å². The lowest BCUT2D eigenvalue weighted by Crippen LogP contribution is -2.28. The van der Waals surface area contributed by atoms with Gasteiger partial charge in [-0.2, -0.15) is 0 Å². The molecule has 0 aromatic heterocycles. The highest BCUT2D eigenvalue weighted by Gasteiger charge is 2.24. The fraction of sp³-hybridized carbons (Fsp3) is 0.368. The van der Waals surface area contributed by atoms with Crippen molar-refractivity contribution in [2.45, 2.75) is 32.2 Å². The van der Waals surface area contributed by atoms with Gasteiger partial charge in [0.2, 0.25) is 0 Å². The molecule has 0 spiro atoms. The van der Waals surface area contributed by atoms with Crippen molar-refractivity contribution in [1.82, 2.24) is 5.32 Å². The van der Waals surface area contributed by atoms with Crippen LogP contribution in [0.1, 0.15) is 25.3 Å². The summed E-state index contributed by atoms with van der Waals surface area (Å²) < 4.78 is 0. The summed E-state index contributed by atoms with van der Waals surface area (Å²) in [5.41, 5.74) is 4.05. The maximum Gasteiger partial charge on any atom is 0.0136 e. The molecule has 2 aromatic rings. The fourth-order valence-electron chi connectivity index (χ4n) is 3.27. The summed E-state index contributed by atoms with van der Waals surface area (Å²) in [5, 5.41) is 3.65. The molecule has 1 saturated heterocycles. The van der Waals surface area contributed by atoms with E-state index in [1.807, 2.05) is 0 Å². The Morgan fingerprint density at radius 1 is 0.950 bits per heavy atom. The molecule has 0 saturated carbocycles. The molecule has 0 bridgehead atoms. The standard InChI is InChI=1S/C19H23N/c1-2-16-12-13-20-19(16)14-15-8-10-18(11-9-15)17-6-4-3-5-7-17/h3-11,16,19-20H,2,12-14H2,1H3. The molecule has 3 rings (SSSR count). The maximum absolute atomic E-state index is 3.65. The second-order valence-corrected chi connectivity index (χ2v) is 5.78. The first-order chi connectivity index (χ1) is 9.86. The van der Waals surface area contributed by atoms with Gasteiger partial charge in [0.05, 0.1) is 0 Å². The highest BCUT2D eigenvalue weighted by atomic mass is 14.9. The van der Waals surface area contributed by atoms with Crippen molar-refractivity contribution in [1.29, 1.82) is 0 Å². The van der Waals surface area contributed by atoms with Crippen molar-refractivity contribution in [3.8, 4) is 11.1 Å². The van der Waals surface area contributed by atoms with Crippen LogP contribution in [-0.4, -0.2) is 12.6 Å². The summed E-state index contributed by atoms with van der Waals surface area (Å²) in [6.07, 6.45) is 3.79. The number of nitrogens with one attached hydrogen (secondary N) is 1. The largest absolute Gasteiger partial charge is 0.313 e. The molecule has 104 valence electrons. The van der Waals surface area contributed by atoms with Crippen LogP contribution in [0.2, 0.25) is 0 Å². The van der Waals surface area contributed by atoms with E-state index in [1.165, 1.54) is 36.1 Å². The average Bonchev–Trinajstić information content (AvgIpc) is 2.96. The topological polar surface area (TPSA) is 12.0 Å². The van der Waals surface area contributed by atoms with Crippen LogP contribution in [0.25, 0.3) is 11.1 Å². The summed E-state index contributed by atoms with van der Waals surface area (Å²) in [6.45, 7) is 3.49. The maximum atomic E-state index is 3.65. The third-order valence-electron chi connectivity index (χ3n) is 4.53. The van der Waals surface area contributed by atoms with E-state index in [2.05, 4.69) is 66.8 Å². The van der Waals surface area contributed by atoms with Crippen LogP contribution >= 0.6 is 0 Å². The Morgan fingerprint density at radius 3 is 2.35 bits per heavy atom.